The zero-order valence-corrected chi connectivity index (χ0v) is 7.32. The standard InChI is InChI=1S/C10H10O3/c1-10-6-3-2-5(4-6)7(10)8(11)13-9(10)12/h2-3,5-7H,4H2,1H3/t5-,6-,7-,10-/m0/s1. The largest absolute Gasteiger partial charge is 0.392 e. The van der Waals surface area contributed by atoms with Crippen molar-refractivity contribution in [1.82, 2.24) is 0 Å². The first kappa shape index (κ1) is 7.30. The lowest BCUT2D eigenvalue weighted by molar-refractivity contribution is -0.156. The zero-order valence-electron chi connectivity index (χ0n) is 7.32. The van der Waals surface area contributed by atoms with Gasteiger partial charge in [-0.2, -0.15) is 0 Å². The van der Waals surface area contributed by atoms with Gasteiger partial charge >= 0.3 is 11.9 Å². The summed E-state index contributed by atoms with van der Waals surface area (Å²) in [5, 5.41) is 0. The molecule has 1 saturated carbocycles. The number of hydrogen-bond acceptors (Lipinski definition) is 3. The maximum absolute atomic E-state index is 11.5. The molecule has 2 bridgehead atoms. The second-order valence-corrected chi connectivity index (χ2v) is 4.36. The van der Waals surface area contributed by atoms with E-state index in [0.717, 1.165) is 6.42 Å². The summed E-state index contributed by atoms with van der Waals surface area (Å²) in [5.41, 5.74) is -0.545. The van der Waals surface area contributed by atoms with E-state index in [9.17, 15) is 9.59 Å². The fraction of sp³-hybridized carbons (Fsp3) is 0.600. The molecule has 0 aromatic rings. The summed E-state index contributed by atoms with van der Waals surface area (Å²) >= 11 is 0. The number of allylic oxidation sites excluding steroid dienone is 2. The van der Waals surface area contributed by atoms with Gasteiger partial charge in [0.25, 0.3) is 0 Å². The summed E-state index contributed by atoms with van der Waals surface area (Å²) in [6.07, 6.45) is 5.06. The maximum atomic E-state index is 11.5. The van der Waals surface area contributed by atoms with Crippen molar-refractivity contribution in [2.45, 2.75) is 13.3 Å². The number of hydrogen-bond donors (Lipinski definition) is 0. The molecule has 0 N–H and O–H groups in total. The van der Waals surface area contributed by atoms with Crippen LogP contribution < -0.4 is 0 Å². The summed E-state index contributed by atoms with van der Waals surface area (Å²) < 4.78 is 4.69. The van der Waals surface area contributed by atoms with Crippen LogP contribution in [0.1, 0.15) is 13.3 Å². The van der Waals surface area contributed by atoms with Crippen LogP contribution >= 0.6 is 0 Å². The van der Waals surface area contributed by atoms with Crippen LogP contribution in [0.4, 0.5) is 0 Å². The third kappa shape index (κ3) is 0.598. The molecule has 3 aliphatic rings. The maximum Gasteiger partial charge on any atom is 0.320 e. The Morgan fingerprint density at radius 2 is 2.23 bits per heavy atom. The van der Waals surface area contributed by atoms with Crippen LogP contribution in [0.3, 0.4) is 0 Å². The summed E-state index contributed by atoms with van der Waals surface area (Å²) in [7, 11) is 0. The molecule has 13 heavy (non-hydrogen) atoms. The molecule has 68 valence electrons. The van der Waals surface area contributed by atoms with Crippen molar-refractivity contribution in [1.29, 1.82) is 0 Å². The number of cyclic esters (lactones) is 2. The summed E-state index contributed by atoms with van der Waals surface area (Å²) in [6, 6.07) is 0. The number of carbonyl (C=O) groups is 2. The minimum Gasteiger partial charge on any atom is -0.392 e. The number of ether oxygens (including phenoxy) is 1. The van der Waals surface area contributed by atoms with Gasteiger partial charge < -0.3 is 4.74 Å². The van der Waals surface area contributed by atoms with Crippen LogP contribution in [0.15, 0.2) is 12.2 Å². The first-order valence-electron chi connectivity index (χ1n) is 4.58. The van der Waals surface area contributed by atoms with Crippen molar-refractivity contribution in [2.24, 2.45) is 23.2 Å². The van der Waals surface area contributed by atoms with Gasteiger partial charge in [0.05, 0.1) is 11.3 Å². The minimum absolute atomic E-state index is 0.199. The van der Waals surface area contributed by atoms with Crippen LogP contribution in [0.2, 0.25) is 0 Å². The number of esters is 2. The Bertz CT molecular complexity index is 344. The molecule has 1 aliphatic heterocycles. The van der Waals surface area contributed by atoms with Gasteiger partial charge in [-0.25, -0.2) is 0 Å². The lowest BCUT2D eigenvalue weighted by Crippen LogP contribution is -2.34. The molecule has 3 heteroatoms. The Hall–Kier alpha value is -1.12. The molecule has 4 atom stereocenters. The Morgan fingerprint density at radius 1 is 1.46 bits per heavy atom. The average Bonchev–Trinajstić information content (AvgIpc) is 2.66. The van der Waals surface area contributed by atoms with Crippen molar-refractivity contribution in [3.05, 3.63) is 12.2 Å². The Morgan fingerprint density at radius 3 is 2.92 bits per heavy atom. The van der Waals surface area contributed by atoms with Gasteiger partial charge in [0, 0.05) is 0 Å². The highest BCUT2D eigenvalue weighted by Gasteiger charge is 2.66. The van der Waals surface area contributed by atoms with Crippen molar-refractivity contribution < 1.29 is 14.3 Å². The van der Waals surface area contributed by atoms with E-state index < -0.39 is 5.41 Å². The first-order valence-corrected chi connectivity index (χ1v) is 4.58. The Labute approximate surface area is 75.8 Å². The van der Waals surface area contributed by atoms with Crippen LogP contribution in [0.25, 0.3) is 0 Å². The number of fused-ring (bicyclic) bond motifs is 5. The Kier molecular flexibility index (Phi) is 1.05. The molecule has 0 aromatic carbocycles. The van der Waals surface area contributed by atoms with E-state index in [-0.39, 0.29) is 29.7 Å². The molecule has 0 spiro atoms. The second kappa shape index (κ2) is 1.86. The fourth-order valence-electron chi connectivity index (χ4n) is 3.06. The molecule has 0 amide bonds. The van der Waals surface area contributed by atoms with Crippen LogP contribution in [0.5, 0.6) is 0 Å². The minimum atomic E-state index is -0.545. The van der Waals surface area contributed by atoms with Gasteiger partial charge in [-0.3, -0.25) is 9.59 Å². The predicted molar refractivity (Wildman–Crippen MR) is 43.4 cm³/mol. The molecular formula is C10H10O3. The molecule has 0 aromatic heterocycles. The zero-order chi connectivity index (χ0) is 9.22. The second-order valence-electron chi connectivity index (χ2n) is 4.36. The lowest BCUT2D eigenvalue weighted by Gasteiger charge is -2.25. The smallest absolute Gasteiger partial charge is 0.320 e. The van der Waals surface area contributed by atoms with Crippen LogP contribution in [-0.4, -0.2) is 11.9 Å². The van der Waals surface area contributed by atoms with Gasteiger partial charge in [0.2, 0.25) is 0 Å². The Balaban J connectivity index is 2.17. The molecule has 3 nitrogen and oxygen atoms in total. The molecule has 1 saturated heterocycles. The highest BCUT2D eigenvalue weighted by atomic mass is 16.6. The molecule has 2 fully saturated rings. The lowest BCUT2D eigenvalue weighted by atomic mass is 9.72. The molecule has 1 heterocycles. The molecule has 2 aliphatic carbocycles. The summed E-state index contributed by atoms with van der Waals surface area (Å²) in [5.74, 6) is -0.367. The van der Waals surface area contributed by atoms with E-state index in [4.69, 9.17) is 4.74 Å². The van der Waals surface area contributed by atoms with E-state index >= 15 is 0 Å². The van der Waals surface area contributed by atoms with Crippen LogP contribution in [0, 0.1) is 23.2 Å². The number of rotatable bonds is 0. The van der Waals surface area contributed by atoms with Gasteiger partial charge in [0.1, 0.15) is 0 Å². The van der Waals surface area contributed by atoms with Gasteiger partial charge in [0.15, 0.2) is 0 Å². The molecular weight excluding hydrogens is 168 g/mol. The van der Waals surface area contributed by atoms with Gasteiger partial charge in [-0.1, -0.05) is 12.2 Å². The molecule has 0 radical (unpaired) electrons. The summed E-state index contributed by atoms with van der Waals surface area (Å²) in [4.78, 5) is 22.9. The van der Waals surface area contributed by atoms with E-state index in [1.54, 1.807) is 0 Å². The monoisotopic (exact) mass is 178 g/mol. The van der Waals surface area contributed by atoms with E-state index in [2.05, 4.69) is 12.2 Å². The van der Waals surface area contributed by atoms with Crippen molar-refractivity contribution in [2.75, 3.05) is 0 Å². The highest BCUT2D eigenvalue weighted by Crippen LogP contribution is 2.59. The van der Waals surface area contributed by atoms with Crippen molar-refractivity contribution in [3.63, 3.8) is 0 Å². The normalized spacial score (nSPS) is 51.3. The molecule has 0 unspecified atom stereocenters. The predicted octanol–water partition coefficient (Wildman–Crippen LogP) is 0.898. The fourth-order valence-corrected chi connectivity index (χ4v) is 3.06. The van der Waals surface area contributed by atoms with Gasteiger partial charge in [-0.15, -0.1) is 0 Å². The average molecular weight is 178 g/mol. The highest BCUT2D eigenvalue weighted by molar-refractivity contribution is 6.00. The van der Waals surface area contributed by atoms with E-state index in [0.29, 0.717) is 0 Å². The van der Waals surface area contributed by atoms with Gasteiger partial charge in [-0.05, 0) is 25.2 Å². The third-order valence-electron chi connectivity index (χ3n) is 3.85. The van der Waals surface area contributed by atoms with E-state index in [1.165, 1.54) is 0 Å². The topological polar surface area (TPSA) is 43.4 Å². The first-order chi connectivity index (χ1) is 6.14. The SMILES string of the molecule is C[C@@]12C(=O)OC(=O)[C@@H]1[C@H]1C=C[C@H]2C1. The third-order valence-corrected chi connectivity index (χ3v) is 3.85. The van der Waals surface area contributed by atoms with Crippen molar-refractivity contribution in [3.8, 4) is 0 Å². The summed E-state index contributed by atoms with van der Waals surface area (Å²) in [6.45, 7) is 1.86. The van der Waals surface area contributed by atoms with E-state index in [1.807, 2.05) is 6.92 Å². The van der Waals surface area contributed by atoms with Crippen molar-refractivity contribution >= 4 is 11.9 Å². The molecule has 3 rings (SSSR count). The van der Waals surface area contributed by atoms with Crippen LogP contribution in [-0.2, 0) is 14.3 Å². The number of carbonyl (C=O) groups excluding carboxylic acids is 2. The quantitative estimate of drug-likeness (QED) is 0.314.